The van der Waals surface area contributed by atoms with Crippen LogP contribution < -0.4 is 0 Å². The van der Waals surface area contributed by atoms with Crippen LogP contribution in [0.5, 0.6) is 0 Å². The number of aliphatic hydroxyl groups is 1. The third-order valence-electron chi connectivity index (χ3n) is 2.64. The highest BCUT2D eigenvalue weighted by Gasteiger charge is 2.15. The lowest BCUT2D eigenvalue weighted by atomic mass is 10.0. The van der Waals surface area contributed by atoms with Gasteiger partial charge in [0.15, 0.2) is 0 Å². The fourth-order valence-corrected chi connectivity index (χ4v) is 2.29. The van der Waals surface area contributed by atoms with E-state index < -0.39 is 0 Å². The monoisotopic (exact) mass is 240 g/mol. The minimum Gasteiger partial charge on any atom is -0.388 e. The zero-order valence-corrected chi connectivity index (χ0v) is 9.05. The molecule has 1 aromatic rings. The number of fused-ring (bicyclic) bond motifs is 1. The molecule has 0 bridgehead atoms. The molecule has 0 saturated carbocycles. The molecule has 1 aromatic carbocycles. The van der Waals surface area contributed by atoms with E-state index in [0.717, 1.165) is 29.3 Å². The van der Waals surface area contributed by atoms with E-state index >= 15 is 0 Å². The molecule has 0 spiro atoms. The highest BCUT2D eigenvalue weighted by Crippen LogP contribution is 2.30. The molecule has 13 heavy (non-hydrogen) atoms. The normalized spacial score (nSPS) is 22.2. The van der Waals surface area contributed by atoms with Crippen molar-refractivity contribution in [2.24, 2.45) is 0 Å². The van der Waals surface area contributed by atoms with Crippen LogP contribution in [0.3, 0.4) is 0 Å². The second-order valence-corrected chi connectivity index (χ2v) is 4.52. The van der Waals surface area contributed by atoms with Crippen molar-refractivity contribution >= 4 is 15.9 Å². The van der Waals surface area contributed by atoms with Gasteiger partial charge in [-0.25, -0.2) is 0 Å². The van der Waals surface area contributed by atoms with Crippen LogP contribution in [-0.2, 0) is 6.42 Å². The van der Waals surface area contributed by atoms with Gasteiger partial charge in [0, 0.05) is 4.47 Å². The molecule has 0 amide bonds. The Hall–Kier alpha value is -0.340. The van der Waals surface area contributed by atoms with Crippen LogP contribution in [0.4, 0.5) is 0 Å². The Kier molecular flexibility index (Phi) is 2.70. The zero-order valence-electron chi connectivity index (χ0n) is 7.46. The number of hydrogen-bond acceptors (Lipinski definition) is 1. The molecule has 0 heterocycles. The van der Waals surface area contributed by atoms with Gasteiger partial charge < -0.3 is 5.11 Å². The quantitative estimate of drug-likeness (QED) is 0.691. The SMILES string of the molecule is O[C@H]1CCCCc2ccc(Br)cc21. The van der Waals surface area contributed by atoms with Crippen LogP contribution in [0.1, 0.15) is 36.5 Å². The minimum atomic E-state index is -0.255. The highest BCUT2D eigenvalue weighted by molar-refractivity contribution is 9.10. The maximum atomic E-state index is 9.84. The molecule has 1 atom stereocenters. The fraction of sp³-hybridized carbons (Fsp3) is 0.455. The smallest absolute Gasteiger partial charge is 0.0793 e. The highest BCUT2D eigenvalue weighted by atomic mass is 79.9. The lowest BCUT2D eigenvalue weighted by molar-refractivity contribution is 0.166. The predicted octanol–water partition coefficient (Wildman–Crippen LogP) is 3.21. The number of aliphatic hydroxyl groups excluding tert-OH is 1. The summed E-state index contributed by atoms with van der Waals surface area (Å²) in [6, 6.07) is 6.22. The first-order chi connectivity index (χ1) is 6.27. The van der Waals surface area contributed by atoms with E-state index in [-0.39, 0.29) is 6.10 Å². The van der Waals surface area contributed by atoms with Gasteiger partial charge >= 0.3 is 0 Å². The van der Waals surface area contributed by atoms with Gasteiger partial charge in [-0.2, -0.15) is 0 Å². The molecule has 0 fully saturated rings. The van der Waals surface area contributed by atoms with E-state index in [2.05, 4.69) is 28.1 Å². The molecule has 0 unspecified atom stereocenters. The molecule has 2 rings (SSSR count). The summed E-state index contributed by atoms with van der Waals surface area (Å²) in [6.45, 7) is 0. The van der Waals surface area contributed by atoms with Crippen molar-refractivity contribution in [3.8, 4) is 0 Å². The van der Waals surface area contributed by atoms with Crippen LogP contribution in [0, 0.1) is 0 Å². The minimum absolute atomic E-state index is 0.255. The van der Waals surface area contributed by atoms with Gasteiger partial charge in [0.2, 0.25) is 0 Å². The van der Waals surface area contributed by atoms with Crippen molar-refractivity contribution in [1.82, 2.24) is 0 Å². The Balaban J connectivity index is 2.43. The Bertz CT molecular complexity index is 309. The van der Waals surface area contributed by atoms with Gasteiger partial charge in [-0.3, -0.25) is 0 Å². The first-order valence-electron chi connectivity index (χ1n) is 4.74. The molecule has 70 valence electrons. The van der Waals surface area contributed by atoms with Crippen molar-refractivity contribution < 1.29 is 5.11 Å². The van der Waals surface area contributed by atoms with E-state index in [1.54, 1.807) is 0 Å². The lowest BCUT2D eigenvalue weighted by Gasteiger charge is -2.11. The largest absolute Gasteiger partial charge is 0.388 e. The van der Waals surface area contributed by atoms with E-state index in [9.17, 15) is 5.11 Å². The van der Waals surface area contributed by atoms with Crippen LogP contribution in [-0.4, -0.2) is 5.11 Å². The summed E-state index contributed by atoms with van der Waals surface area (Å²) in [7, 11) is 0. The van der Waals surface area contributed by atoms with Crippen LogP contribution in [0.2, 0.25) is 0 Å². The van der Waals surface area contributed by atoms with Crippen molar-refractivity contribution in [1.29, 1.82) is 0 Å². The molecular formula is C11H13BrO. The van der Waals surface area contributed by atoms with Crippen molar-refractivity contribution in [3.05, 3.63) is 33.8 Å². The number of halogens is 1. The fourth-order valence-electron chi connectivity index (χ4n) is 1.91. The van der Waals surface area contributed by atoms with E-state index in [0.29, 0.717) is 0 Å². The van der Waals surface area contributed by atoms with Crippen molar-refractivity contribution in [2.45, 2.75) is 31.8 Å². The molecule has 1 aliphatic carbocycles. The number of hydrogen-bond donors (Lipinski definition) is 1. The number of rotatable bonds is 0. The third-order valence-corrected chi connectivity index (χ3v) is 3.13. The first-order valence-corrected chi connectivity index (χ1v) is 5.53. The van der Waals surface area contributed by atoms with Crippen LogP contribution in [0.15, 0.2) is 22.7 Å². The zero-order chi connectivity index (χ0) is 9.26. The van der Waals surface area contributed by atoms with Crippen molar-refractivity contribution in [2.75, 3.05) is 0 Å². The van der Waals surface area contributed by atoms with Gasteiger partial charge in [0.1, 0.15) is 0 Å². The molecule has 1 nitrogen and oxygen atoms in total. The van der Waals surface area contributed by atoms with Crippen molar-refractivity contribution in [3.63, 3.8) is 0 Å². The average molecular weight is 241 g/mol. The summed E-state index contributed by atoms with van der Waals surface area (Å²) in [5, 5.41) is 9.84. The summed E-state index contributed by atoms with van der Waals surface area (Å²) in [4.78, 5) is 0. The standard InChI is InChI=1S/C11H13BrO/c12-9-6-5-8-3-1-2-4-11(13)10(8)7-9/h5-7,11,13H,1-4H2/t11-/m0/s1. The van der Waals surface area contributed by atoms with Gasteiger partial charge in [0.25, 0.3) is 0 Å². The van der Waals surface area contributed by atoms with Gasteiger partial charge in [-0.05, 0) is 42.5 Å². The van der Waals surface area contributed by atoms with E-state index in [1.165, 1.54) is 12.0 Å². The first kappa shape index (κ1) is 9.22. The van der Waals surface area contributed by atoms with E-state index in [1.807, 2.05) is 6.07 Å². The summed E-state index contributed by atoms with van der Waals surface area (Å²) >= 11 is 3.43. The molecule has 0 aromatic heterocycles. The molecule has 1 aliphatic rings. The Morgan fingerprint density at radius 2 is 2.15 bits per heavy atom. The van der Waals surface area contributed by atoms with E-state index in [4.69, 9.17) is 0 Å². The molecule has 0 aliphatic heterocycles. The van der Waals surface area contributed by atoms with Crippen LogP contribution >= 0.6 is 15.9 Å². The van der Waals surface area contributed by atoms with Gasteiger partial charge in [-0.15, -0.1) is 0 Å². The number of aryl methyl sites for hydroxylation is 1. The maximum absolute atomic E-state index is 9.84. The summed E-state index contributed by atoms with van der Waals surface area (Å²) in [6.07, 6.45) is 4.09. The molecule has 2 heteroatoms. The predicted molar refractivity (Wildman–Crippen MR) is 56.7 cm³/mol. The molecule has 0 radical (unpaired) electrons. The average Bonchev–Trinajstić information content (AvgIpc) is 2.29. The molecular weight excluding hydrogens is 228 g/mol. The summed E-state index contributed by atoms with van der Waals surface area (Å²) in [5.74, 6) is 0. The van der Waals surface area contributed by atoms with Gasteiger partial charge in [0.05, 0.1) is 6.10 Å². The Morgan fingerprint density at radius 1 is 1.31 bits per heavy atom. The van der Waals surface area contributed by atoms with Crippen LogP contribution in [0.25, 0.3) is 0 Å². The molecule has 0 saturated heterocycles. The Labute approximate surface area is 86.9 Å². The lowest BCUT2D eigenvalue weighted by Crippen LogP contribution is -1.98. The molecule has 1 N–H and O–H groups in total. The van der Waals surface area contributed by atoms with Gasteiger partial charge in [-0.1, -0.05) is 28.4 Å². The maximum Gasteiger partial charge on any atom is 0.0793 e. The topological polar surface area (TPSA) is 20.2 Å². The Morgan fingerprint density at radius 3 is 3.00 bits per heavy atom. The summed E-state index contributed by atoms with van der Waals surface area (Å²) < 4.78 is 1.06. The summed E-state index contributed by atoms with van der Waals surface area (Å²) in [5.41, 5.74) is 2.43. The second-order valence-electron chi connectivity index (χ2n) is 3.60. The number of benzene rings is 1. The third kappa shape index (κ3) is 1.94. The second kappa shape index (κ2) is 3.81.